The average Bonchev–Trinajstić information content (AvgIpc) is 2.80. The van der Waals surface area contributed by atoms with Gasteiger partial charge in [-0.2, -0.15) is 5.10 Å². The van der Waals surface area contributed by atoms with Gasteiger partial charge in [0, 0.05) is 12.6 Å². The molecule has 7 heteroatoms. The largest absolute Gasteiger partial charge is 0.496 e. The molecule has 0 aliphatic heterocycles. The Balaban J connectivity index is 2.60. The van der Waals surface area contributed by atoms with Gasteiger partial charge in [-0.3, -0.25) is 10.5 Å². The van der Waals surface area contributed by atoms with Gasteiger partial charge < -0.3 is 15.2 Å². The maximum absolute atomic E-state index is 6.02. The third-order valence-corrected chi connectivity index (χ3v) is 3.25. The van der Waals surface area contributed by atoms with Crippen molar-refractivity contribution in [3.63, 3.8) is 0 Å². The van der Waals surface area contributed by atoms with E-state index in [4.69, 9.17) is 21.1 Å². The number of anilines is 1. The van der Waals surface area contributed by atoms with E-state index in [1.807, 2.05) is 18.2 Å². The molecule has 0 bridgehead atoms. The number of ether oxygens (including phenoxy) is 2. The van der Waals surface area contributed by atoms with Crippen molar-refractivity contribution in [1.82, 2.24) is 15.2 Å². The highest BCUT2D eigenvalue weighted by molar-refractivity contribution is 5.54. The minimum atomic E-state index is -0.380. The van der Waals surface area contributed by atoms with Crippen molar-refractivity contribution in [2.75, 3.05) is 20.0 Å². The summed E-state index contributed by atoms with van der Waals surface area (Å²) in [5.74, 6) is 7.56. The third kappa shape index (κ3) is 2.28. The molecule has 0 aliphatic carbocycles. The SMILES string of the molecule is COc1cccc(OC)c1C(NN)c1cnn(C)c1N. The van der Waals surface area contributed by atoms with E-state index < -0.39 is 0 Å². The van der Waals surface area contributed by atoms with E-state index in [0.29, 0.717) is 17.3 Å². The van der Waals surface area contributed by atoms with Gasteiger partial charge in [-0.1, -0.05) is 6.07 Å². The fourth-order valence-corrected chi connectivity index (χ4v) is 2.18. The van der Waals surface area contributed by atoms with Crippen LogP contribution in [-0.2, 0) is 7.05 Å². The first-order valence-electron chi connectivity index (χ1n) is 6.08. The molecular formula is C13H19N5O2. The topological polar surface area (TPSA) is 100 Å². The number of nitrogens with zero attached hydrogens (tertiary/aromatic N) is 2. The van der Waals surface area contributed by atoms with Gasteiger partial charge in [-0.15, -0.1) is 0 Å². The number of nitrogens with two attached hydrogens (primary N) is 2. The average molecular weight is 277 g/mol. The Morgan fingerprint density at radius 1 is 1.25 bits per heavy atom. The number of aromatic nitrogens is 2. The predicted molar refractivity (Wildman–Crippen MR) is 76.3 cm³/mol. The molecule has 0 aliphatic rings. The highest BCUT2D eigenvalue weighted by atomic mass is 16.5. The predicted octanol–water partition coefficient (Wildman–Crippen LogP) is 0.572. The standard InChI is InChI=1S/C13H19N5O2/c1-18-13(14)8(7-16-18)12(17-15)11-9(19-2)5-4-6-10(11)20-3/h4-7,12,17H,14-15H2,1-3H3. The van der Waals surface area contributed by atoms with Crippen LogP contribution in [0.25, 0.3) is 0 Å². The van der Waals surface area contributed by atoms with Crippen molar-refractivity contribution in [2.24, 2.45) is 12.9 Å². The number of hydrazine groups is 1. The maximum atomic E-state index is 6.02. The number of hydrogen-bond donors (Lipinski definition) is 3. The Bertz CT molecular complexity index is 574. The summed E-state index contributed by atoms with van der Waals surface area (Å²) >= 11 is 0. The summed E-state index contributed by atoms with van der Waals surface area (Å²) in [7, 11) is 4.96. The minimum absolute atomic E-state index is 0.380. The van der Waals surface area contributed by atoms with Crippen LogP contribution in [0.3, 0.4) is 0 Å². The molecule has 20 heavy (non-hydrogen) atoms. The summed E-state index contributed by atoms with van der Waals surface area (Å²) in [6, 6.07) is 5.15. The zero-order chi connectivity index (χ0) is 14.7. The first kappa shape index (κ1) is 14.2. The fraction of sp³-hybridized carbons (Fsp3) is 0.308. The molecular weight excluding hydrogens is 258 g/mol. The quantitative estimate of drug-likeness (QED) is 0.546. The van der Waals surface area contributed by atoms with Gasteiger partial charge in [0.2, 0.25) is 0 Å². The Hall–Kier alpha value is -2.25. The second-order valence-electron chi connectivity index (χ2n) is 4.28. The molecule has 0 radical (unpaired) electrons. The summed E-state index contributed by atoms with van der Waals surface area (Å²) < 4.78 is 12.4. The summed E-state index contributed by atoms with van der Waals surface area (Å²) in [5, 5.41) is 4.14. The van der Waals surface area contributed by atoms with Crippen LogP contribution < -0.4 is 26.5 Å². The van der Waals surface area contributed by atoms with Gasteiger partial charge in [0.15, 0.2) is 0 Å². The molecule has 2 aromatic rings. The smallest absolute Gasteiger partial charge is 0.127 e. The molecule has 1 heterocycles. The summed E-state index contributed by atoms with van der Waals surface area (Å²) in [6.07, 6.45) is 1.67. The van der Waals surface area contributed by atoms with Crippen molar-refractivity contribution in [3.8, 4) is 11.5 Å². The lowest BCUT2D eigenvalue weighted by molar-refractivity contribution is 0.377. The van der Waals surface area contributed by atoms with Crippen LogP contribution >= 0.6 is 0 Å². The maximum Gasteiger partial charge on any atom is 0.127 e. The second kappa shape index (κ2) is 5.81. The normalized spacial score (nSPS) is 12.2. The van der Waals surface area contributed by atoms with E-state index >= 15 is 0 Å². The van der Waals surface area contributed by atoms with Crippen molar-refractivity contribution in [1.29, 1.82) is 0 Å². The lowest BCUT2D eigenvalue weighted by Gasteiger charge is -2.21. The lowest BCUT2D eigenvalue weighted by atomic mass is 9.99. The van der Waals surface area contributed by atoms with Crippen LogP contribution in [0.15, 0.2) is 24.4 Å². The number of aryl methyl sites for hydroxylation is 1. The Kier molecular flexibility index (Phi) is 4.11. The van der Waals surface area contributed by atoms with Gasteiger partial charge >= 0.3 is 0 Å². The number of nitrogens with one attached hydrogen (secondary N) is 1. The molecule has 0 saturated carbocycles. The molecule has 1 atom stereocenters. The van der Waals surface area contributed by atoms with Crippen LogP contribution in [0, 0.1) is 0 Å². The lowest BCUT2D eigenvalue weighted by Crippen LogP contribution is -2.30. The van der Waals surface area contributed by atoms with E-state index in [0.717, 1.165) is 11.1 Å². The van der Waals surface area contributed by atoms with Crippen LogP contribution in [-0.4, -0.2) is 24.0 Å². The Labute approximate surface area is 117 Å². The second-order valence-corrected chi connectivity index (χ2v) is 4.28. The van der Waals surface area contributed by atoms with E-state index in [-0.39, 0.29) is 6.04 Å². The molecule has 1 aromatic heterocycles. The summed E-state index contributed by atoms with van der Waals surface area (Å²) in [6.45, 7) is 0. The number of hydrogen-bond acceptors (Lipinski definition) is 6. The van der Waals surface area contributed by atoms with Gasteiger partial charge in [0.25, 0.3) is 0 Å². The zero-order valence-electron chi connectivity index (χ0n) is 11.8. The summed E-state index contributed by atoms with van der Waals surface area (Å²) in [5.41, 5.74) is 10.3. The van der Waals surface area contributed by atoms with Crippen molar-refractivity contribution >= 4 is 5.82 Å². The molecule has 7 nitrogen and oxygen atoms in total. The molecule has 0 fully saturated rings. The molecule has 1 aromatic carbocycles. The van der Waals surface area contributed by atoms with Gasteiger partial charge in [-0.25, -0.2) is 5.43 Å². The molecule has 108 valence electrons. The number of rotatable bonds is 5. The number of methoxy groups -OCH3 is 2. The van der Waals surface area contributed by atoms with Crippen LogP contribution in [0.4, 0.5) is 5.82 Å². The van der Waals surface area contributed by atoms with Crippen LogP contribution in [0.1, 0.15) is 17.2 Å². The fourth-order valence-electron chi connectivity index (χ4n) is 2.18. The highest BCUT2D eigenvalue weighted by Gasteiger charge is 2.25. The number of benzene rings is 1. The first-order chi connectivity index (χ1) is 9.63. The monoisotopic (exact) mass is 277 g/mol. The van der Waals surface area contributed by atoms with E-state index in [9.17, 15) is 0 Å². The van der Waals surface area contributed by atoms with E-state index in [1.165, 1.54) is 0 Å². The summed E-state index contributed by atoms with van der Waals surface area (Å²) in [4.78, 5) is 0. The van der Waals surface area contributed by atoms with Crippen LogP contribution in [0.2, 0.25) is 0 Å². The molecule has 2 rings (SSSR count). The number of nitrogen functional groups attached to an aromatic ring is 1. The highest BCUT2D eigenvalue weighted by Crippen LogP contribution is 2.38. The van der Waals surface area contributed by atoms with Crippen LogP contribution in [0.5, 0.6) is 11.5 Å². The van der Waals surface area contributed by atoms with E-state index in [2.05, 4.69) is 10.5 Å². The molecule has 1 unspecified atom stereocenters. The van der Waals surface area contributed by atoms with Crippen molar-refractivity contribution in [2.45, 2.75) is 6.04 Å². The molecule has 0 amide bonds. The Morgan fingerprint density at radius 3 is 2.25 bits per heavy atom. The van der Waals surface area contributed by atoms with Crippen molar-refractivity contribution in [3.05, 3.63) is 35.5 Å². The van der Waals surface area contributed by atoms with Crippen molar-refractivity contribution < 1.29 is 9.47 Å². The van der Waals surface area contributed by atoms with Gasteiger partial charge in [0.1, 0.15) is 17.3 Å². The molecule has 0 saturated heterocycles. The third-order valence-electron chi connectivity index (χ3n) is 3.25. The zero-order valence-corrected chi connectivity index (χ0v) is 11.8. The molecule has 5 N–H and O–H groups in total. The van der Waals surface area contributed by atoms with E-state index in [1.54, 1.807) is 32.1 Å². The van der Waals surface area contributed by atoms with Gasteiger partial charge in [0.05, 0.1) is 32.0 Å². The first-order valence-corrected chi connectivity index (χ1v) is 6.08. The van der Waals surface area contributed by atoms with Gasteiger partial charge in [-0.05, 0) is 12.1 Å². The minimum Gasteiger partial charge on any atom is -0.496 e. The molecule has 0 spiro atoms. The Morgan fingerprint density at radius 2 is 1.85 bits per heavy atom.